The molecule has 0 radical (unpaired) electrons. The Morgan fingerprint density at radius 3 is 1.39 bits per heavy atom. The van der Waals surface area contributed by atoms with Gasteiger partial charge in [-0.3, -0.25) is 4.79 Å². The normalized spacial score (nSPS) is 20.0. The van der Waals surface area contributed by atoms with Crippen molar-refractivity contribution in [1.29, 1.82) is 0 Å². The fraction of sp³-hybridized carbons (Fsp3) is 0.316. The van der Waals surface area contributed by atoms with Gasteiger partial charge in [-0.1, -0.05) is 0 Å². The predicted molar refractivity (Wildman–Crippen MR) is 118 cm³/mol. The van der Waals surface area contributed by atoms with Crippen molar-refractivity contribution in [3.8, 4) is 11.5 Å². The summed E-state index contributed by atoms with van der Waals surface area (Å²) in [5.74, 6) is 1.19. The van der Waals surface area contributed by atoms with E-state index in [4.69, 9.17) is 18.9 Å². The first-order valence-electron chi connectivity index (χ1n) is 8.44. The molecular weight excluding hydrogens is 628 g/mol. The molecule has 0 aromatic heterocycles. The quantitative estimate of drug-likeness (QED) is 0.281. The van der Waals surface area contributed by atoms with Gasteiger partial charge in [-0.05, 0) is 88.0 Å². The number of ketones is 1. The maximum Gasteiger partial charge on any atom is 0.193 e. The lowest BCUT2D eigenvalue weighted by molar-refractivity contribution is 0.103. The van der Waals surface area contributed by atoms with E-state index >= 15 is 0 Å². The Hall–Kier alpha value is -0.450. The molecule has 0 saturated carbocycles. The van der Waals surface area contributed by atoms with Crippen molar-refractivity contribution < 1.29 is 23.7 Å². The number of carbonyl (C=O) groups excluding carboxylic acids is 1. The van der Waals surface area contributed by atoms with Gasteiger partial charge in [0.2, 0.25) is 0 Å². The van der Waals surface area contributed by atoms with Gasteiger partial charge in [0.1, 0.15) is 36.9 Å². The largest absolute Gasteiger partial charge is 0.488 e. The molecule has 2 heterocycles. The van der Waals surface area contributed by atoms with Gasteiger partial charge in [0, 0.05) is 11.1 Å². The van der Waals surface area contributed by atoms with E-state index in [1.807, 2.05) is 0 Å². The molecule has 2 unspecified atom stereocenters. The molecule has 148 valence electrons. The predicted octanol–water partition coefficient (Wildman–Crippen LogP) is 5.52. The summed E-state index contributed by atoms with van der Waals surface area (Å²) in [5, 5.41) is 0. The van der Waals surface area contributed by atoms with Gasteiger partial charge in [0.15, 0.2) is 5.78 Å². The minimum atomic E-state index is -0.114. The van der Waals surface area contributed by atoms with Crippen LogP contribution in [0.5, 0.6) is 11.5 Å². The van der Waals surface area contributed by atoms with Crippen molar-refractivity contribution >= 4 is 69.5 Å². The minimum absolute atomic E-state index is 0.114. The van der Waals surface area contributed by atoms with Crippen LogP contribution in [0, 0.1) is 0 Å². The number of epoxide rings is 2. The molecule has 2 aliphatic heterocycles. The zero-order valence-electron chi connectivity index (χ0n) is 14.3. The highest BCUT2D eigenvalue weighted by atomic mass is 79.9. The molecule has 5 nitrogen and oxygen atoms in total. The second-order valence-electron chi connectivity index (χ2n) is 6.40. The standard InChI is InChI=1S/C19H14Br4O5/c20-13-1-9(2-14(21)18(13)27-7-11-5-25-11)17(24)10-3-15(22)19(16(23)4-10)28-8-12-6-26-12/h1-4,11-12H,5-8H2. The van der Waals surface area contributed by atoms with Crippen LogP contribution in [0.4, 0.5) is 0 Å². The third kappa shape index (κ3) is 4.99. The van der Waals surface area contributed by atoms with E-state index in [2.05, 4.69) is 63.7 Å². The number of halogens is 4. The number of benzene rings is 2. The summed E-state index contributed by atoms with van der Waals surface area (Å²) in [7, 11) is 0. The van der Waals surface area contributed by atoms with Gasteiger partial charge >= 0.3 is 0 Å². The monoisotopic (exact) mass is 638 g/mol. The van der Waals surface area contributed by atoms with Gasteiger partial charge in [-0.25, -0.2) is 0 Å². The van der Waals surface area contributed by atoms with Crippen molar-refractivity contribution in [2.45, 2.75) is 12.2 Å². The molecule has 2 aromatic rings. The lowest BCUT2D eigenvalue weighted by Gasteiger charge is -2.13. The molecule has 2 aromatic carbocycles. The molecule has 9 heteroatoms. The van der Waals surface area contributed by atoms with Crippen molar-refractivity contribution in [3.05, 3.63) is 53.3 Å². The molecule has 0 bridgehead atoms. The Labute approximate surface area is 195 Å². The smallest absolute Gasteiger partial charge is 0.193 e. The summed E-state index contributed by atoms with van der Waals surface area (Å²) >= 11 is 14.0. The van der Waals surface area contributed by atoms with Crippen LogP contribution >= 0.6 is 63.7 Å². The third-order valence-corrected chi connectivity index (χ3v) is 6.51. The first-order chi connectivity index (χ1) is 13.4. The average Bonchev–Trinajstić information content (AvgIpc) is 3.53. The summed E-state index contributed by atoms with van der Waals surface area (Å²) < 4.78 is 24.7. The van der Waals surface area contributed by atoms with Crippen molar-refractivity contribution in [2.75, 3.05) is 26.4 Å². The second-order valence-corrected chi connectivity index (χ2v) is 9.82. The summed E-state index contributed by atoms with van der Waals surface area (Å²) in [6.45, 7) is 2.42. The molecule has 0 amide bonds. The molecule has 4 rings (SSSR count). The maximum absolute atomic E-state index is 13.0. The van der Waals surface area contributed by atoms with Gasteiger partial charge < -0.3 is 18.9 Å². The first-order valence-corrected chi connectivity index (χ1v) is 11.6. The van der Waals surface area contributed by atoms with Crippen LogP contribution in [0.3, 0.4) is 0 Å². The van der Waals surface area contributed by atoms with Crippen LogP contribution in [0.2, 0.25) is 0 Å². The zero-order valence-corrected chi connectivity index (χ0v) is 20.7. The molecule has 2 fully saturated rings. The van der Waals surface area contributed by atoms with Crippen LogP contribution in [-0.4, -0.2) is 44.4 Å². The van der Waals surface area contributed by atoms with E-state index in [1.54, 1.807) is 24.3 Å². The second kappa shape index (κ2) is 8.73. The molecule has 2 aliphatic rings. The summed E-state index contributed by atoms with van der Waals surface area (Å²) in [6, 6.07) is 7.03. The number of hydrogen-bond acceptors (Lipinski definition) is 5. The highest BCUT2D eigenvalue weighted by Crippen LogP contribution is 2.38. The topological polar surface area (TPSA) is 60.6 Å². The van der Waals surface area contributed by atoms with Crippen LogP contribution in [0.1, 0.15) is 15.9 Å². The van der Waals surface area contributed by atoms with E-state index in [0.717, 1.165) is 13.2 Å². The van der Waals surface area contributed by atoms with Crippen LogP contribution < -0.4 is 9.47 Å². The van der Waals surface area contributed by atoms with Gasteiger partial charge in [0.25, 0.3) is 0 Å². The van der Waals surface area contributed by atoms with Gasteiger partial charge in [-0.2, -0.15) is 0 Å². The van der Waals surface area contributed by atoms with Crippen LogP contribution in [0.25, 0.3) is 0 Å². The fourth-order valence-corrected chi connectivity index (χ4v) is 5.34. The van der Waals surface area contributed by atoms with Crippen LogP contribution in [0.15, 0.2) is 42.2 Å². The molecule has 0 spiro atoms. The van der Waals surface area contributed by atoms with Crippen LogP contribution in [-0.2, 0) is 9.47 Å². The van der Waals surface area contributed by atoms with Crippen molar-refractivity contribution in [1.82, 2.24) is 0 Å². The molecule has 2 saturated heterocycles. The Balaban J connectivity index is 1.54. The number of ether oxygens (including phenoxy) is 4. The average molecular weight is 642 g/mol. The third-order valence-electron chi connectivity index (χ3n) is 4.15. The van der Waals surface area contributed by atoms with E-state index in [1.165, 1.54) is 0 Å². The molecule has 0 N–H and O–H groups in total. The zero-order chi connectivity index (χ0) is 19.8. The first kappa shape index (κ1) is 20.8. The van der Waals surface area contributed by atoms with Gasteiger partial charge in [0.05, 0.1) is 31.1 Å². The summed E-state index contributed by atoms with van der Waals surface area (Å²) in [5.41, 5.74) is 1.07. The molecule has 28 heavy (non-hydrogen) atoms. The maximum atomic E-state index is 13.0. The van der Waals surface area contributed by atoms with Crippen molar-refractivity contribution in [2.24, 2.45) is 0 Å². The van der Waals surface area contributed by atoms with E-state index < -0.39 is 0 Å². The van der Waals surface area contributed by atoms with E-state index in [-0.39, 0.29) is 18.0 Å². The lowest BCUT2D eigenvalue weighted by Crippen LogP contribution is -2.08. The highest BCUT2D eigenvalue weighted by molar-refractivity contribution is 9.11. The van der Waals surface area contributed by atoms with E-state index in [9.17, 15) is 4.79 Å². The Morgan fingerprint density at radius 2 is 1.11 bits per heavy atom. The SMILES string of the molecule is O=C(c1cc(Br)c(OCC2CO2)c(Br)c1)c1cc(Br)c(OCC2CO2)c(Br)c1. The fourth-order valence-electron chi connectivity index (χ4n) is 2.51. The van der Waals surface area contributed by atoms with Crippen molar-refractivity contribution in [3.63, 3.8) is 0 Å². The van der Waals surface area contributed by atoms with Gasteiger partial charge in [-0.15, -0.1) is 0 Å². The minimum Gasteiger partial charge on any atom is -0.488 e. The molecule has 2 atom stereocenters. The lowest BCUT2D eigenvalue weighted by atomic mass is 10.0. The highest BCUT2D eigenvalue weighted by Gasteiger charge is 2.26. The number of hydrogen-bond donors (Lipinski definition) is 0. The van der Waals surface area contributed by atoms with E-state index in [0.29, 0.717) is 53.7 Å². The molecular formula is C19H14Br4O5. The molecule has 0 aliphatic carbocycles. The number of rotatable bonds is 8. The summed E-state index contributed by atoms with van der Waals surface area (Å²) in [6.07, 6.45) is 0.309. The summed E-state index contributed by atoms with van der Waals surface area (Å²) in [4.78, 5) is 13.0. The number of carbonyl (C=O) groups is 1. The Kier molecular flexibility index (Phi) is 6.49. The Morgan fingerprint density at radius 1 is 0.786 bits per heavy atom. The Bertz CT molecular complexity index is 805.